The van der Waals surface area contributed by atoms with Gasteiger partial charge in [0.25, 0.3) is 0 Å². The smallest absolute Gasteiger partial charge is 0.0579 e. The van der Waals surface area contributed by atoms with Gasteiger partial charge in [0, 0.05) is 23.8 Å². The second kappa shape index (κ2) is 4.56. The molecule has 3 unspecified atom stereocenters. The van der Waals surface area contributed by atoms with Crippen molar-refractivity contribution >= 4 is 5.69 Å². The number of aliphatic hydroxyl groups excluding tert-OH is 1. The first kappa shape index (κ1) is 12.0. The van der Waals surface area contributed by atoms with Crippen molar-refractivity contribution < 1.29 is 5.11 Å². The predicted molar refractivity (Wildman–Crippen MR) is 73.6 cm³/mol. The van der Waals surface area contributed by atoms with Gasteiger partial charge in [-0.15, -0.1) is 0 Å². The maximum Gasteiger partial charge on any atom is 0.0579 e. The van der Waals surface area contributed by atoms with Crippen LogP contribution in [-0.2, 0) is 0 Å². The number of nitrogens with two attached hydrogens (primary N) is 1. The summed E-state index contributed by atoms with van der Waals surface area (Å²) in [7, 11) is 0. The molecule has 2 aliphatic rings. The normalized spacial score (nSPS) is 32.6. The molecule has 3 atom stereocenters. The summed E-state index contributed by atoms with van der Waals surface area (Å²) in [5.41, 5.74) is 8.60. The Hall–Kier alpha value is -1.06. The number of benzene rings is 1. The molecule has 0 radical (unpaired) electrons. The van der Waals surface area contributed by atoms with E-state index in [0.29, 0.717) is 12.1 Å². The van der Waals surface area contributed by atoms with Crippen LogP contribution in [0.4, 0.5) is 5.69 Å². The number of aliphatic hydroxyl groups is 1. The van der Waals surface area contributed by atoms with Crippen LogP contribution in [0.5, 0.6) is 0 Å². The van der Waals surface area contributed by atoms with Gasteiger partial charge in [-0.25, -0.2) is 0 Å². The molecule has 3 rings (SSSR count). The van der Waals surface area contributed by atoms with Gasteiger partial charge in [-0.1, -0.05) is 18.2 Å². The van der Waals surface area contributed by atoms with Crippen molar-refractivity contribution in [2.75, 3.05) is 4.90 Å². The molecule has 0 amide bonds. The van der Waals surface area contributed by atoms with Crippen LogP contribution >= 0.6 is 0 Å². The fourth-order valence-corrected chi connectivity index (χ4v) is 3.65. The Balaban J connectivity index is 1.96. The van der Waals surface area contributed by atoms with Gasteiger partial charge in [-0.3, -0.25) is 0 Å². The van der Waals surface area contributed by atoms with Gasteiger partial charge in [0.05, 0.1) is 6.10 Å². The van der Waals surface area contributed by atoms with E-state index >= 15 is 0 Å². The van der Waals surface area contributed by atoms with Gasteiger partial charge in [-0.2, -0.15) is 0 Å². The fourth-order valence-electron chi connectivity index (χ4n) is 3.65. The lowest BCUT2D eigenvalue weighted by atomic mass is 9.96. The molecule has 0 spiro atoms. The number of anilines is 1. The lowest BCUT2D eigenvalue weighted by Crippen LogP contribution is -2.45. The van der Waals surface area contributed by atoms with Crippen molar-refractivity contribution in [3.63, 3.8) is 0 Å². The van der Waals surface area contributed by atoms with Crippen LogP contribution in [0.2, 0.25) is 0 Å². The number of hydrogen-bond acceptors (Lipinski definition) is 3. The molecule has 2 fully saturated rings. The Bertz CT molecular complexity index is 418. The summed E-state index contributed by atoms with van der Waals surface area (Å²) in [5.74, 6) is 0. The van der Waals surface area contributed by atoms with E-state index in [1.165, 1.54) is 24.1 Å². The zero-order chi connectivity index (χ0) is 12.7. The molecule has 1 aromatic carbocycles. The van der Waals surface area contributed by atoms with Crippen LogP contribution in [0.15, 0.2) is 24.3 Å². The molecular weight excluding hydrogens is 224 g/mol. The van der Waals surface area contributed by atoms with Crippen LogP contribution in [-0.4, -0.2) is 23.3 Å². The highest BCUT2D eigenvalue weighted by Crippen LogP contribution is 2.41. The summed E-state index contributed by atoms with van der Waals surface area (Å²) in [6.45, 7) is 2.04. The minimum Gasteiger partial charge on any atom is -0.393 e. The maximum absolute atomic E-state index is 9.88. The molecule has 98 valence electrons. The highest BCUT2D eigenvalue weighted by molar-refractivity contribution is 5.57. The molecule has 2 heterocycles. The second-order valence-corrected chi connectivity index (χ2v) is 5.76. The van der Waals surface area contributed by atoms with E-state index in [1.807, 2.05) is 6.92 Å². The number of rotatable bonds is 2. The zero-order valence-corrected chi connectivity index (χ0v) is 10.9. The summed E-state index contributed by atoms with van der Waals surface area (Å²) in [4.78, 5) is 2.52. The summed E-state index contributed by atoms with van der Waals surface area (Å²) in [6.07, 6.45) is 4.11. The molecule has 18 heavy (non-hydrogen) atoms. The average Bonchev–Trinajstić information content (AvgIpc) is 2.61. The van der Waals surface area contributed by atoms with E-state index in [4.69, 9.17) is 5.73 Å². The van der Waals surface area contributed by atoms with Gasteiger partial charge < -0.3 is 15.7 Å². The van der Waals surface area contributed by atoms with Crippen LogP contribution < -0.4 is 10.6 Å². The van der Waals surface area contributed by atoms with Crippen LogP contribution in [0.25, 0.3) is 0 Å². The molecule has 0 saturated carbocycles. The quantitative estimate of drug-likeness (QED) is 0.841. The Morgan fingerprint density at radius 3 is 2.44 bits per heavy atom. The van der Waals surface area contributed by atoms with Gasteiger partial charge in [0.1, 0.15) is 0 Å². The van der Waals surface area contributed by atoms with Crippen molar-refractivity contribution in [3.05, 3.63) is 29.8 Å². The lowest BCUT2D eigenvalue weighted by Gasteiger charge is -2.40. The van der Waals surface area contributed by atoms with E-state index in [-0.39, 0.29) is 12.1 Å². The number of nitrogens with zero attached hydrogens (tertiary/aromatic N) is 1. The van der Waals surface area contributed by atoms with Crippen molar-refractivity contribution in [3.8, 4) is 0 Å². The van der Waals surface area contributed by atoms with E-state index in [1.54, 1.807) is 0 Å². The molecule has 2 saturated heterocycles. The first-order valence-electron chi connectivity index (χ1n) is 6.97. The monoisotopic (exact) mass is 246 g/mol. The molecule has 3 nitrogen and oxygen atoms in total. The lowest BCUT2D eigenvalue weighted by molar-refractivity contribution is 0.126. The number of para-hydroxylation sites is 1. The number of piperidine rings is 1. The maximum atomic E-state index is 9.88. The average molecular weight is 246 g/mol. The highest BCUT2D eigenvalue weighted by Gasteiger charge is 2.40. The van der Waals surface area contributed by atoms with Crippen molar-refractivity contribution in [1.82, 2.24) is 0 Å². The third-order valence-corrected chi connectivity index (χ3v) is 4.41. The molecule has 0 aromatic heterocycles. The van der Waals surface area contributed by atoms with Crippen molar-refractivity contribution in [1.29, 1.82) is 0 Å². The first-order valence-corrected chi connectivity index (χ1v) is 6.97. The summed E-state index contributed by atoms with van der Waals surface area (Å²) < 4.78 is 0. The molecule has 3 N–H and O–H groups in total. The second-order valence-electron chi connectivity index (χ2n) is 5.76. The SMILES string of the molecule is CC(N)c1ccccc1N1C2CCC1CC(O)C2. The largest absolute Gasteiger partial charge is 0.393 e. The minimum absolute atomic E-state index is 0.0625. The van der Waals surface area contributed by atoms with Crippen LogP contribution in [0, 0.1) is 0 Å². The van der Waals surface area contributed by atoms with E-state index in [0.717, 1.165) is 12.8 Å². The molecular formula is C15H22N2O. The third kappa shape index (κ3) is 1.91. The van der Waals surface area contributed by atoms with Crippen molar-refractivity contribution in [2.24, 2.45) is 5.73 Å². The zero-order valence-electron chi connectivity index (χ0n) is 10.9. The molecule has 0 aliphatic carbocycles. The Labute approximate surface area is 109 Å². The predicted octanol–water partition coefficient (Wildman–Crippen LogP) is 2.20. The Morgan fingerprint density at radius 2 is 1.83 bits per heavy atom. The Kier molecular flexibility index (Phi) is 3.04. The van der Waals surface area contributed by atoms with E-state index in [2.05, 4.69) is 29.2 Å². The number of fused-ring (bicyclic) bond motifs is 2. The molecule has 2 bridgehead atoms. The minimum atomic E-state index is -0.110. The van der Waals surface area contributed by atoms with Gasteiger partial charge in [0.2, 0.25) is 0 Å². The highest BCUT2D eigenvalue weighted by atomic mass is 16.3. The van der Waals surface area contributed by atoms with Gasteiger partial charge in [0.15, 0.2) is 0 Å². The summed E-state index contributed by atoms with van der Waals surface area (Å²) in [5, 5.41) is 9.88. The van der Waals surface area contributed by atoms with Gasteiger partial charge in [-0.05, 0) is 44.2 Å². The van der Waals surface area contributed by atoms with E-state index in [9.17, 15) is 5.11 Å². The molecule has 2 aliphatic heterocycles. The summed E-state index contributed by atoms with van der Waals surface area (Å²) >= 11 is 0. The van der Waals surface area contributed by atoms with Crippen LogP contribution in [0.3, 0.4) is 0 Å². The van der Waals surface area contributed by atoms with Crippen LogP contribution in [0.1, 0.15) is 44.2 Å². The third-order valence-electron chi connectivity index (χ3n) is 4.41. The summed E-state index contributed by atoms with van der Waals surface area (Å²) in [6, 6.07) is 9.52. The Morgan fingerprint density at radius 1 is 1.22 bits per heavy atom. The standard InChI is InChI=1S/C15H22N2O/c1-10(16)14-4-2-3-5-15(14)17-11-6-7-12(17)9-13(18)8-11/h2-5,10-13,18H,6-9,16H2,1H3. The molecule has 3 heteroatoms. The fraction of sp³-hybridized carbons (Fsp3) is 0.600. The number of hydrogen-bond donors (Lipinski definition) is 2. The molecule has 1 aromatic rings. The van der Waals surface area contributed by atoms with E-state index < -0.39 is 0 Å². The van der Waals surface area contributed by atoms with Crippen molar-refractivity contribution in [2.45, 2.75) is 56.8 Å². The topological polar surface area (TPSA) is 49.5 Å². The first-order chi connectivity index (χ1) is 8.66. The van der Waals surface area contributed by atoms with Gasteiger partial charge >= 0.3 is 0 Å².